The standard InChI is InChI=1S/C18H12F.C2H6O.C2H6.CH3.Y/c1-3-13-14-8-4-5-9-15(14)16-10-6-7-11-17(16)18(13)12(2)19;1-3-2;1-2;;/h3-10H,1-2H2;1-2H3;1-2H3;1H3;/q-1;;;-1;. The van der Waals surface area contributed by atoms with Crippen molar-refractivity contribution in [3.63, 3.8) is 0 Å². The average molecular weight is 427 g/mol. The molecule has 3 rings (SSSR count). The van der Waals surface area contributed by atoms with E-state index >= 15 is 0 Å². The van der Waals surface area contributed by atoms with Crippen LogP contribution in [0.5, 0.6) is 0 Å². The molecule has 0 atom stereocenters. The SMILES string of the molecule is C=Cc1c(C(=C)F)c2[c-]cccc2c2ccccc12.CC.COC.[CH3-].[Y]. The zero-order valence-electron chi connectivity index (χ0n) is 16.4. The Morgan fingerprint density at radius 2 is 1.54 bits per heavy atom. The molecule has 0 saturated carbocycles. The molecule has 0 fully saturated rings. The number of fused-ring (bicyclic) bond motifs is 3. The van der Waals surface area contributed by atoms with Crippen LogP contribution in [0.4, 0.5) is 4.39 Å². The van der Waals surface area contributed by atoms with Crippen LogP contribution in [0.25, 0.3) is 33.4 Å². The van der Waals surface area contributed by atoms with Crippen molar-refractivity contribution in [2.24, 2.45) is 0 Å². The van der Waals surface area contributed by atoms with Gasteiger partial charge in [0.05, 0.1) is 5.83 Å². The summed E-state index contributed by atoms with van der Waals surface area (Å²) in [5.74, 6) is -0.451. The van der Waals surface area contributed by atoms with Gasteiger partial charge in [0.2, 0.25) is 0 Å². The number of hydrogen-bond acceptors (Lipinski definition) is 1. The molecule has 3 aromatic rings. The molecule has 0 aliphatic carbocycles. The number of rotatable bonds is 2. The van der Waals surface area contributed by atoms with Gasteiger partial charge >= 0.3 is 0 Å². The number of halogens is 1. The molecule has 0 heterocycles. The molecule has 1 nitrogen and oxygen atoms in total. The molecule has 0 bridgehead atoms. The summed E-state index contributed by atoms with van der Waals surface area (Å²) < 4.78 is 18.1. The van der Waals surface area contributed by atoms with Gasteiger partial charge in [0.15, 0.2) is 0 Å². The molecule has 0 aliphatic heterocycles. The van der Waals surface area contributed by atoms with Crippen LogP contribution in [0.2, 0.25) is 0 Å². The summed E-state index contributed by atoms with van der Waals surface area (Å²) >= 11 is 0. The first-order valence-corrected chi connectivity index (χ1v) is 7.88. The maximum Gasteiger partial charge on any atom is 0.0828 e. The minimum atomic E-state index is -0.451. The maximum absolute atomic E-state index is 13.9. The summed E-state index contributed by atoms with van der Waals surface area (Å²) in [6.07, 6.45) is 1.68. The monoisotopic (exact) mass is 427 g/mol. The van der Waals surface area contributed by atoms with Crippen LogP contribution in [0.1, 0.15) is 25.0 Å². The second-order valence-corrected chi connectivity index (χ2v) is 4.81. The van der Waals surface area contributed by atoms with Crippen LogP contribution in [0, 0.1) is 13.5 Å². The molecular formula is C23H27FOY-2. The Bertz CT molecular complexity index is 840. The van der Waals surface area contributed by atoms with Crippen molar-refractivity contribution in [2.45, 2.75) is 13.8 Å². The van der Waals surface area contributed by atoms with E-state index in [4.69, 9.17) is 0 Å². The van der Waals surface area contributed by atoms with Crippen LogP contribution in [0.3, 0.4) is 0 Å². The van der Waals surface area contributed by atoms with Crippen LogP contribution in [-0.2, 0) is 37.4 Å². The first-order chi connectivity index (χ1) is 11.7. The second kappa shape index (κ2) is 13.8. The van der Waals surface area contributed by atoms with E-state index < -0.39 is 5.83 Å². The normalized spacial score (nSPS) is 8.81. The van der Waals surface area contributed by atoms with Crippen LogP contribution in [0.15, 0.2) is 55.6 Å². The van der Waals surface area contributed by atoms with E-state index in [0.717, 1.165) is 27.1 Å². The van der Waals surface area contributed by atoms with Crippen LogP contribution >= 0.6 is 0 Å². The fraction of sp³-hybridized carbons (Fsp3) is 0.174. The summed E-state index contributed by atoms with van der Waals surface area (Å²) in [5.41, 5.74) is 1.27. The second-order valence-electron chi connectivity index (χ2n) is 4.81. The Morgan fingerprint density at radius 1 is 1.04 bits per heavy atom. The third-order valence-electron chi connectivity index (χ3n) is 3.36. The Hall–Kier alpha value is -1.35. The quantitative estimate of drug-likeness (QED) is 0.313. The smallest absolute Gasteiger partial charge is 0.0828 e. The zero-order chi connectivity index (χ0) is 18.1. The fourth-order valence-corrected chi connectivity index (χ4v) is 2.58. The van der Waals surface area contributed by atoms with Gasteiger partial charge in [-0.15, -0.1) is 35.0 Å². The molecule has 0 aliphatic rings. The Labute approximate surface area is 182 Å². The Morgan fingerprint density at radius 3 is 2.04 bits per heavy atom. The first-order valence-electron chi connectivity index (χ1n) is 7.88. The average Bonchev–Trinajstić information content (AvgIpc) is 2.62. The number of methoxy groups -OCH3 is 1. The van der Waals surface area contributed by atoms with Gasteiger partial charge in [-0.3, -0.25) is 0 Å². The summed E-state index contributed by atoms with van der Waals surface area (Å²) in [6.45, 7) is 11.3. The molecule has 0 unspecified atom stereocenters. The minimum Gasteiger partial charge on any atom is -0.388 e. The minimum absolute atomic E-state index is 0. The Kier molecular flexibility index (Phi) is 14.3. The molecule has 3 aromatic carbocycles. The molecule has 0 N–H and O–H groups in total. The summed E-state index contributed by atoms with van der Waals surface area (Å²) in [6, 6.07) is 16.7. The summed E-state index contributed by atoms with van der Waals surface area (Å²) in [4.78, 5) is 0. The van der Waals surface area contributed by atoms with E-state index in [0.29, 0.717) is 5.56 Å². The van der Waals surface area contributed by atoms with E-state index in [9.17, 15) is 4.39 Å². The largest absolute Gasteiger partial charge is 0.388 e. The predicted octanol–water partition coefficient (Wildman–Crippen LogP) is 7.11. The van der Waals surface area contributed by atoms with Crippen LogP contribution < -0.4 is 0 Å². The van der Waals surface area contributed by atoms with Crippen molar-refractivity contribution in [3.05, 3.63) is 80.2 Å². The zero-order valence-corrected chi connectivity index (χ0v) is 19.2. The fourth-order valence-electron chi connectivity index (χ4n) is 2.58. The third kappa shape index (κ3) is 5.84. The first kappa shape index (κ1) is 26.9. The molecule has 3 heteroatoms. The molecular weight excluding hydrogens is 400 g/mol. The van der Waals surface area contributed by atoms with E-state index in [1.165, 1.54) is 0 Å². The topological polar surface area (TPSA) is 9.23 Å². The van der Waals surface area contributed by atoms with Gasteiger partial charge in [-0.1, -0.05) is 73.9 Å². The van der Waals surface area contributed by atoms with Crippen molar-refractivity contribution in [2.75, 3.05) is 14.2 Å². The van der Waals surface area contributed by atoms with E-state index in [1.54, 1.807) is 26.4 Å². The molecule has 0 aromatic heterocycles. The molecule has 1 radical (unpaired) electrons. The van der Waals surface area contributed by atoms with Gasteiger partial charge in [-0.05, 0) is 5.39 Å². The summed E-state index contributed by atoms with van der Waals surface area (Å²) in [7, 11) is 3.25. The van der Waals surface area contributed by atoms with Gasteiger partial charge in [0, 0.05) is 46.9 Å². The Balaban J connectivity index is 0. The summed E-state index contributed by atoms with van der Waals surface area (Å²) in [5, 5.41) is 3.80. The van der Waals surface area contributed by atoms with Gasteiger partial charge in [-0.2, -0.15) is 0 Å². The van der Waals surface area contributed by atoms with E-state index in [2.05, 4.69) is 24.0 Å². The van der Waals surface area contributed by atoms with Crippen molar-refractivity contribution < 1.29 is 41.8 Å². The maximum atomic E-state index is 13.9. The van der Waals surface area contributed by atoms with Crippen LogP contribution in [-0.4, -0.2) is 14.2 Å². The van der Waals surface area contributed by atoms with Crippen molar-refractivity contribution in [3.8, 4) is 0 Å². The molecule has 0 amide bonds. The third-order valence-corrected chi connectivity index (χ3v) is 3.36. The molecule has 0 spiro atoms. The van der Waals surface area contributed by atoms with Gasteiger partial charge in [0.1, 0.15) is 0 Å². The molecule has 26 heavy (non-hydrogen) atoms. The van der Waals surface area contributed by atoms with Gasteiger partial charge in [-0.25, -0.2) is 4.39 Å². The predicted molar refractivity (Wildman–Crippen MR) is 111 cm³/mol. The number of benzene rings is 3. The van der Waals surface area contributed by atoms with Crippen molar-refractivity contribution in [1.82, 2.24) is 0 Å². The van der Waals surface area contributed by atoms with Crippen molar-refractivity contribution >= 4 is 33.4 Å². The van der Waals surface area contributed by atoms with Crippen molar-refractivity contribution in [1.29, 1.82) is 0 Å². The van der Waals surface area contributed by atoms with E-state index in [1.807, 2.05) is 50.2 Å². The number of ether oxygens (including phenoxy) is 1. The van der Waals surface area contributed by atoms with Gasteiger partial charge in [0.25, 0.3) is 0 Å². The van der Waals surface area contributed by atoms with Gasteiger partial charge < -0.3 is 12.2 Å². The molecule has 137 valence electrons. The molecule has 0 saturated heterocycles. The number of hydrogen-bond donors (Lipinski definition) is 0. The van der Waals surface area contributed by atoms with E-state index in [-0.39, 0.29) is 40.1 Å².